The van der Waals surface area contributed by atoms with Gasteiger partial charge >= 0.3 is 0 Å². The molecule has 2 rings (SSSR count). The summed E-state index contributed by atoms with van der Waals surface area (Å²) in [5, 5.41) is 12.3. The van der Waals surface area contributed by atoms with Crippen LogP contribution in [0.3, 0.4) is 0 Å². The van der Waals surface area contributed by atoms with Gasteiger partial charge in [-0.1, -0.05) is 0 Å². The topological polar surface area (TPSA) is 45.0 Å². The summed E-state index contributed by atoms with van der Waals surface area (Å²) >= 11 is 0. The number of nitrogens with zero attached hydrogens (tertiary/aromatic N) is 1. The molecule has 3 heteroatoms. The van der Waals surface area contributed by atoms with Crippen LogP contribution in [0.5, 0.6) is 5.75 Å². The molecule has 96 valence electrons. The lowest BCUT2D eigenvalue weighted by molar-refractivity contribution is 0.254. The predicted octanol–water partition coefficient (Wildman–Crippen LogP) is 2.64. The van der Waals surface area contributed by atoms with Gasteiger partial charge < -0.3 is 10.1 Å². The zero-order chi connectivity index (χ0) is 12.8. The van der Waals surface area contributed by atoms with Gasteiger partial charge in [-0.2, -0.15) is 5.26 Å². The van der Waals surface area contributed by atoms with Crippen LogP contribution in [0.25, 0.3) is 0 Å². The Kier molecular flexibility index (Phi) is 4.60. The fourth-order valence-corrected chi connectivity index (χ4v) is 2.37. The molecule has 1 N–H and O–H groups in total. The Morgan fingerprint density at radius 3 is 3.06 bits per heavy atom. The minimum Gasteiger partial charge on any atom is -0.494 e. The molecule has 0 amide bonds. The highest BCUT2D eigenvalue weighted by atomic mass is 16.5. The van der Waals surface area contributed by atoms with Gasteiger partial charge in [0, 0.05) is 0 Å². The Bertz CT molecular complexity index is 431. The highest BCUT2D eigenvalue weighted by Gasteiger charge is 2.12. The van der Waals surface area contributed by atoms with Gasteiger partial charge in [0.05, 0.1) is 18.2 Å². The van der Waals surface area contributed by atoms with E-state index in [-0.39, 0.29) is 0 Å². The van der Waals surface area contributed by atoms with E-state index in [0.717, 1.165) is 48.9 Å². The van der Waals surface area contributed by atoms with Crippen LogP contribution in [-0.4, -0.2) is 19.7 Å². The Morgan fingerprint density at radius 1 is 1.50 bits per heavy atom. The maximum atomic E-state index is 8.86. The fourth-order valence-electron chi connectivity index (χ4n) is 2.37. The number of ether oxygens (including phenoxy) is 1. The van der Waals surface area contributed by atoms with Crippen LogP contribution in [0.2, 0.25) is 0 Å². The number of nitriles is 1. The number of hydrogen-bond donors (Lipinski definition) is 1. The number of hydrogen-bond acceptors (Lipinski definition) is 3. The molecule has 18 heavy (non-hydrogen) atoms. The molecule has 1 saturated heterocycles. The van der Waals surface area contributed by atoms with Crippen molar-refractivity contribution >= 4 is 0 Å². The Hall–Kier alpha value is -1.53. The van der Waals surface area contributed by atoms with E-state index in [1.165, 1.54) is 12.8 Å². The van der Waals surface area contributed by atoms with Gasteiger partial charge in [0.15, 0.2) is 0 Å². The molecule has 0 aliphatic carbocycles. The number of rotatable bonds is 4. The lowest BCUT2D eigenvalue weighted by Gasteiger charge is -2.22. The molecule has 0 radical (unpaired) electrons. The van der Waals surface area contributed by atoms with Crippen LogP contribution in [0.15, 0.2) is 18.2 Å². The molecule has 0 aromatic heterocycles. The molecule has 1 atom stereocenters. The van der Waals surface area contributed by atoms with Crippen molar-refractivity contribution in [3.05, 3.63) is 29.3 Å². The van der Waals surface area contributed by atoms with Crippen LogP contribution in [0.1, 0.15) is 30.4 Å². The molecule has 1 aliphatic heterocycles. The fraction of sp³-hybridized carbons (Fsp3) is 0.533. The molecule has 1 aromatic rings. The van der Waals surface area contributed by atoms with Gasteiger partial charge in [0.1, 0.15) is 5.75 Å². The van der Waals surface area contributed by atoms with Crippen LogP contribution < -0.4 is 10.1 Å². The molecule has 1 aliphatic rings. The summed E-state index contributed by atoms with van der Waals surface area (Å²) in [6.07, 6.45) is 3.69. The largest absolute Gasteiger partial charge is 0.494 e. The summed E-state index contributed by atoms with van der Waals surface area (Å²) in [5.41, 5.74) is 1.70. The molecule has 0 spiro atoms. The third kappa shape index (κ3) is 3.48. The first-order valence-corrected chi connectivity index (χ1v) is 6.64. The molecule has 0 bridgehead atoms. The first kappa shape index (κ1) is 12.9. The second-order valence-corrected chi connectivity index (χ2v) is 4.94. The van der Waals surface area contributed by atoms with Gasteiger partial charge in [-0.15, -0.1) is 0 Å². The predicted molar refractivity (Wildman–Crippen MR) is 71.6 cm³/mol. The normalized spacial score (nSPS) is 19.2. The van der Waals surface area contributed by atoms with Gasteiger partial charge in [-0.3, -0.25) is 0 Å². The highest BCUT2D eigenvalue weighted by molar-refractivity contribution is 5.41. The molecular weight excluding hydrogens is 224 g/mol. The minimum absolute atomic E-state index is 0.721. The number of aryl methyl sites for hydroxylation is 1. The van der Waals surface area contributed by atoms with Gasteiger partial charge in [-0.05, 0) is 69.0 Å². The average molecular weight is 244 g/mol. The summed E-state index contributed by atoms with van der Waals surface area (Å²) in [6, 6.07) is 7.81. The van der Waals surface area contributed by atoms with E-state index < -0.39 is 0 Å². The third-order valence-electron chi connectivity index (χ3n) is 3.51. The maximum Gasteiger partial charge on any atom is 0.119 e. The van der Waals surface area contributed by atoms with Crippen LogP contribution in [0.4, 0.5) is 0 Å². The Labute approximate surface area is 109 Å². The van der Waals surface area contributed by atoms with E-state index in [1.54, 1.807) is 0 Å². The third-order valence-corrected chi connectivity index (χ3v) is 3.51. The van der Waals surface area contributed by atoms with Crippen molar-refractivity contribution in [3.8, 4) is 11.8 Å². The van der Waals surface area contributed by atoms with Gasteiger partial charge in [0.2, 0.25) is 0 Å². The van der Waals surface area contributed by atoms with Crippen molar-refractivity contribution < 1.29 is 4.74 Å². The van der Waals surface area contributed by atoms with Crippen molar-refractivity contribution in [2.75, 3.05) is 19.7 Å². The van der Waals surface area contributed by atoms with Crippen molar-refractivity contribution in [2.24, 2.45) is 5.92 Å². The molecule has 1 fully saturated rings. The molecular formula is C15H20N2O. The van der Waals surface area contributed by atoms with Crippen LogP contribution in [0, 0.1) is 24.2 Å². The van der Waals surface area contributed by atoms with Crippen LogP contribution in [-0.2, 0) is 0 Å². The molecule has 3 nitrogen and oxygen atoms in total. The number of piperidine rings is 1. The number of benzene rings is 1. The lowest BCUT2D eigenvalue weighted by Crippen LogP contribution is -2.30. The number of nitrogens with one attached hydrogen (secondary N) is 1. The first-order chi connectivity index (χ1) is 8.79. The Morgan fingerprint density at radius 2 is 2.39 bits per heavy atom. The highest BCUT2D eigenvalue weighted by Crippen LogP contribution is 2.18. The second-order valence-electron chi connectivity index (χ2n) is 4.94. The van der Waals surface area contributed by atoms with E-state index in [2.05, 4.69) is 11.4 Å². The van der Waals surface area contributed by atoms with Gasteiger partial charge in [0.25, 0.3) is 0 Å². The van der Waals surface area contributed by atoms with E-state index in [1.807, 2.05) is 25.1 Å². The van der Waals surface area contributed by atoms with Crippen molar-refractivity contribution in [1.82, 2.24) is 5.32 Å². The lowest BCUT2D eigenvalue weighted by atomic mass is 9.97. The van der Waals surface area contributed by atoms with E-state index in [9.17, 15) is 0 Å². The van der Waals surface area contributed by atoms with Crippen molar-refractivity contribution in [2.45, 2.75) is 26.2 Å². The van der Waals surface area contributed by atoms with E-state index in [0.29, 0.717) is 0 Å². The molecule has 1 heterocycles. The zero-order valence-corrected chi connectivity index (χ0v) is 10.9. The summed E-state index contributed by atoms with van der Waals surface area (Å²) in [6.45, 7) is 4.98. The van der Waals surface area contributed by atoms with Crippen LogP contribution >= 0.6 is 0 Å². The minimum atomic E-state index is 0.721. The quantitative estimate of drug-likeness (QED) is 0.885. The van der Waals surface area contributed by atoms with E-state index >= 15 is 0 Å². The molecule has 0 saturated carbocycles. The smallest absolute Gasteiger partial charge is 0.119 e. The summed E-state index contributed by atoms with van der Waals surface area (Å²) in [7, 11) is 0. The Balaban J connectivity index is 1.79. The average Bonchev–Trinajstić information content (AvgIpc) is 2.40. The summed E-state index contributed by atoms with van der Waals surface area (Å²) < 4.78 is 5.75. The van der Waals surface area contributed by atoms with Gasteiger partial charge in [-0.25, -0.2) is 0 Å². The monoisotopic (exact) mass is 244 g/mol. The van der Waals surface area contributed by atoms with Crippen molar-refractivity contribution in [1.29, 1.82) is 5.26 Å². The molecule has 1 aromatic carbocycles. The first-order valence-electron chi connectivity index (χ1n) is 6.64. The summed E-state index contributed by atoms with van der Waals surface area (Å²) in [4.78, 5) is 0. The SMILES string of the molecule is Cc1cc(OCCC2CCCNC2)ccc1C#N. The maximum absolute atomic E-state index is 8.86. The standard InChI is InChI=1S/C15H20N2O/c1-12-9-15(5-4-14(12)10-16)18-8-6-13-3-2-7-17-11-13/h4-5,9,13,17H,2-3,6-8,11H2,1H3. The summed E-state index contributed by atoms with van der Waals surface area (Å²) in [5.74, 6) is 1.62. The molecule has 1 unspecified atom stereocenters. The van der Waals surface area contributed by atoms with E-state index in [4.69, 9.17) is 10.00 Å². The zero-order valence-electron chi connectivity index (χ0n) is 10.9. The van der Waals surface area contributed by atoms with Crippen molar-refractivity contribution in [3.63, 3.8) is 0 Å². The second kappa shape index (κ2) is 6.42.